The number of oxazole rings is 1. The van der Waals surface area contributed by atoms with Crippen molar-refractivity contribution in [2.75, 3.05) is 11.5 Å². The Bertz CT molecular complexity index is 1340. The molecule has 0 saturated heterocycles. The predicted octanol–water partition coefficient (Wildman–Crippen LogP) is 2.20. The monoisotopic (exact) mass is 387 g/mol. The zero-order valence-corrected chi connectivity index (χ0v) is 15.6. The quantitative estimate of drug-likeness (QED) is 0.473. The SMILES string of the molecule is CCc1ncc(Cn2nc(-c3ccc4oc(N)nc4c3)c3c(N)ncnc32)cn1. The van der Waals surface area contributed by atoms with E-state index in [0.29, 0.717) is 40.2 Å². The maximum absolute atomic E-state index is 6.17. The Hall–Kier alpha value is -4.08. The van der Waals surface area contributed by atoms with Gasteiger partial charge in [-0.25, -0.2) is 24.6 Å². The zero-order chi connectivity index (χ0) is 20.0. The second-order valence-corrected chi connectivity index (χ2v) is 6.56. The predicted molar refractivity (Wildman–Crippen MR) is 108 cm³/mol. The van der Waals surface area contributed by atoms with Crippen LogP contribution < -0.4 is 11.5 Å². The summed E-state index contributed by atoms with van der Waals surface area (Å²) in [5.74, 6) is 1.15. The van der Waals surface area contributed by atoms with E-state index >= 15 is 0 Å². The van der Waals surface area contributed by atoms with Crippen molar-refractivity contribution in [3.05, 3.63) is 48.3 Å². The molecule has 0 radical (unpaired) electrons. The van der Waals surface area contributed by atoms with Gasteiger partial charge >= 0.3 is 0 Å². The summed E-state index contributed by atoms with van der Waals surface area (Å²) in [5.41, 5.74) is 16.1. The van der Waals surface area contributed by atoms with Crippen LogP contribution in [0.3, 0.4) is 0 Å². The Balaban J connectivity index is 1.64. The van der Waals surface area contributed by atoms with Gasteiger partial charge in [-0.1, -0.05) is 6.92 Å². The number of aryl methyl sites for hydroxylation is 1. The molecule has 4 aromatic heterocycles. The summed E-state index contributed by atoms with van der Waals surface area (Å²) in [6, 6.07) is 5.65. The van der Waals surface area contributed by atoms with Crippen molar-refractivity contribution in [3.8, 4) is 11.3 Å². The molecule has 10 heteroatoms. The molecule has 0 aliphatic rings. The minimum absolute atomic E-state index is 0.117. The van der Waals surface area contributed by atoms with Gasteiger partial charge in [-0.3, -0.25) is 0 Å². The summed E-state index contributed by atoms with van der Waals surface area (Å²) < 4.78 is 7.12. The molecule has 0 fully saturated rings. The summed E-state index contributed by atoms with van der Waals surface area (Å²) in [7, 11) is 0. The smallest absolute Gasteiger partial charge is 0.292 e. The van der Waals surface area contributed by atoms with E-state index in [9.17, 15) is 0 Å². The summed E-state index contributed by atoms with van der Waals surface area (Å²) >= 11 is 0. The molecule has 4 heterocycles. The Morgan fingerprint density at radius 3 is 2.69 bits per heavy atom. The largest absolute Gasteiger partial charge is 0.424 e. The van der Waals surface area contributed by atoms with E-state index in [0.717, 1.165) is 23.4 Å². The third kappa shape index (κ3) is 2.90. The first-order valence-electron chi connectivity index (χ1n) is 9.05. The number of aromatic nitrogens is 7. The average molecular weight is 387 g/mol. The number of benzene rings is 1. The van der Waals surface area contributed by atoms with Crippen LogP contribution in [0.4, 0.5) is 11.8 Å². The topological polar surface area (TPSA) is 147 Å². The maximum Gasteiger partial charge on any atom is 0.292 e. The highest BCUT2D eigenvalue weighted by atomic mass is 16.4. The molecular weight excluding hydrogens is 370 g/mol. The van der Waals surface area contributed by atoms with Gasteiger partial charge in [0.05, 0.1) is 11.9 Å². The van der Waals surface area contributed by atoms with Crippen LogP contribution in [0.5, 0.6) is 0 Å². The molecule has 0 aliphatic carbocycles. The van der Waals surface area contributed by atoms with E-state index in [-0.39, 0.29) is 6.01 Å². The number of anilines is 2. The van der Waals surface area contributed by atoms with Crippen molar-refractivity contribution in [2.24, 2.45) is 0 Å². The number of hydrogen-bond donors (Lipinski definition) is 2. The molecule has 0 unspecified atom stereocenters. The minimum atomic E-state index is 0.117. The molecule has 0 bridgehead atoms. The molecule has 5 aromatic rings. The third-order valence-corrected chi connectivity index (χ3v) is 4.64. The molecule has 1 aromatic carbocycles. The van der Waals surface area contributed by atoms with Crippen molar-refractivity contribution < 1.29 is 4.42 Å². The Morgan fingerprint density at radius 2 is 1.90 bits per heavy atom. The van der Waals surface area contributed by atoms with E-state index in [1.54, 1.807) is 23.1 Å². The van der Waals surface area contributed by atoms with Crippen molar-refractivity contribution in [1.29, 1.82) is 0 Å². The second kappa shape index (κ2) is 6.51. The van der Waals surface area contributed by atoms with Gasteiger partial charge in [0.25, 0.3) is 6.01 Å². The van der Waals surface area contributed by atoms with Gasteiger partial charge in [-0.15, -0.1) is 0 Å². The van der Waals surface area contributed by atoms with E-state index in [1.165, 1.54) is 6.33 Å². The van der Waals surface area contributed by atoms with Crippen molar-refractivity contribution in [1.82, 2.24) is 34.7 Å². The lowest BCUT2D eigenvalue weighted by molar-refractivity contribution is 0.626. The Morgan fingerprint density at radius 1 is 1.07 bits per heavy atom. The average Bonchev–Trinajstić information content (AvgIpc) is 3.28. The van der Waals surface area contributed by atoms with E-state index in [1.807, 2.05) is 19.1 Å². The standard InChI is InChI=1S/C19H17N9O/c1-2-14-22-6-10(7-23-14)8-28-18-15(17(20)24-9-25-18)16(27-28)11-3-4-13-12(5-11)26-19(21)29-13/h3-7,9H,2,8H2,1H3,(H2,21,26)(H2,20,24,25). The fraction of sp³-hybridized carbons (Fsp3) is 0.158. The molecule has 0 atom stereocenters. The van der Waals surface area contributed by atoms with Crippen LogP contribution >= 0.6 is 0 Å². The lowest BCUT2D eigenvalue weighted by Gasteiger charge is -2.03. The van der Waals surface area contributed by atoms with Crippen LogP contribution in [0.1, 0.15) is 18.3 Å². The molecule has 0 aliphatic heterocycles. The fourth-order valence-corrected chi connectivity index (χ4v) is 3.25. The fourth-order valence-electron chi connectivity index (χ4n) is 3.25. The Kier molecular flexibility index (Phi) is 3.83. The highest BCUT2D eigenvalue weighted by molar-refractivity contribution is 5.99. The molecule has 144 valence electrons. The zero-order valence-electron chi connectivity index (χ0n) is 15.6. The highest BCUT2D eigenvalue weighted by Gasteiger charge is 2.18. The van der Waals surface area contributed by atoms with Gasteiger partial charge in [0, 0.05) is 29.9 Å². The highest BCUT2D eigenvalue weighted by Crippen LogP contribution is 2.32. The second-order valence-electron chi connectivity index (χ2n) is 6.56. The van der Waals surface area contributed by atoms with Gasteiger partial charge in [0.1, 0.15) is 29.2 Å². The lowest BCUT2D eigenvalue weighted by Crippen LogP contribution is -2.05. The first kappa shape index (κ1) is 17.0. The van der Waals surface area contributed by atoms with Crippen molar-refractivity contribution in [3.63, 3.8) is 0 Å². The Labute approximate surface area is 164 Å². The van der Waals surface area contributed by atoms with Crippen LogP contribution in [-0.2, 0) is 13.0 Å². The third-order valence-electron chi connectivity index (χ3n) is 4.64. The number of nitrogens with zero attached hydrogens (tertiary/aromatic N) is 7. The molecule has 0 spiro atoms. The van der Waals surface area contributed by atoms with Crippen molar-refractivity contribution in [2.45, 2.75) is 19.9 Å². The summed E-state index contributed by atoms with van der Waals surface area (Å²) in [4.78, 5) is 21.4. The number of fused-ring (bicyclic) bond motifs is 2. The normalized spacial score (nSPS) is 11.5. The van der Waals surface area contributed by atoms with E-state index < -0.39 is 0 Å². The number of nitrogen functional groups attached to an aromatic ring is 2. The van der Waals surface area contributed by atoms with Gasteiger partial charge < -0.3 is 15.9 Å². The van der Waals surface area contributed by atoms with Gasteiger partial charge in [0.15, 0.2) is 11.2 Å². The van der Waals surface area contributed by atoms with Crippen LogP contribution in [0, 0.1) is 0 Å². The molecule has 29 heavy (non-hydrogen) atoms. The molecule has 0 amide bonds. The van der Waals surface area contributed by atoms with E-state index in [2.05, 4.69) is 24.9 Å². The van der Waals surface area contributed by atoms with Crippen molar-refractivity contribution >= 4 is 34.0 Å². The minimum Gasteiger partial charge on any atom is -0.424 e. The molecule has 5 rings (SSSR count). The van der Waals surface area contributed by atoms with Crippen LogP contribution in [0.15, 0.2) is 41.3 Å². The summed E-state index contributed by atoms with van der Waals surface area (Å²) in [6.07, 6.45) is 5.81. The first-order chi connectivity index (χ1) is 14.1. The first-order valence-corrected chi connectivity index (χ1v) is 9.05. The van der Waals surface area contributed by atoms with Crippen LogP contribution in [0.25, 0.3) is 33.4 Å². The molecule has 4 N–H and O–H groups in total. The molecular formula is C19H17N9O. The maximum atomic E-state index is 6.17. The lowest BCUT2D eigenvalue weighted by atomic mass is 10.1. The summed E-state index contributed by atoms with van der Waals surface area (Å²) in [5, 5.41) is 5.44. The van der Waals surface area contributed by atoms with Gasteiger partial charge in [-0.05, 0) is 18.2 Å². The number of nitrogens with two attached hydrogens (primary N) is 2. The van der Waals surface area contributed by atoms with Crippen LogP contribution in [0.2, 0.25) is 0 Å². The van der Waals surface area contributed by atoms with Crippen LogP contribution in [-0.4, -0.2) is 34.7 Å². The molecule has 0 saturated carbocycles. The molecule has 10 nitrogen and oxygen atoms in total. The summed E-state index contributed by atoms with van der Waals surface area (Å²) in [6.45, 7) is 2.47. The van der Waals surface area contributed by atoms with E-state index in [4.69, 9.17) is 21.0 Å². The number of rotatable bonds is 4. The number of hydrogen-bond acceptors (Lipinski definition) is 9. The van der Waals surface area contributed by atoms with Gasteiger partial charge in [-0.2, -0.15) is 10.1 Å². The van der Waals surface area contributed by atoms with Gasteiger partial charge in [0.2, 0.25) is 0 Å².